The van der Waals surface area contributed by atoms with Gasteiger partial charge in [-0.3, -0.25) is 9.59 Å². The first-order valence-corrected chi connectivity index (χ1v) is 9.67. The van der Waals surface area contributed by atoms with Crippen molar-refractivity contribution in [2.45, 2.75) is 0 Å². The molecule has 2 amide bonds. The third kappa shape index (κ3) is 6.25. The SMILES string of the molecule is O=C(COc1ccc(C=NNC(=O)c2ccccc2)cc1Br)Nc1ccc(F)cc1. The molecule has 0 aliphatic carbocycles. The smallest absolute Gasteiger partial charge is 0.271 e. The van der Waals surface area contributed by atoms with Gasteiger partial charge in [0.2, 0.25) is 0 Å². The van der Waals surface area contributed by atoms with Gasteiger partial charge >= 0.3 is 0 Å². The number of halogens is 2. The maximum absolute atomic E-state index is 12.9. The normalized spacial score (nSPS) is 10.6. The number of hydrazone groups is 1. The van der Waals surface area contributed by atoms with Gasteiger partial charge in [-0.1, -0.05) is 18.2 Å². The summed E-state index contributed by atoms with van der Waals surface area (Å²) in [5.74, 6) is -0.591. The Labute approximate surface area is 180 Å². The number of anilines is 1. The molecule has 0 saturated carbocycles. The van der Waals surface area contributed by atoms with Gasteiger partial charge < -0.3 is 10.1 Å². The van der Waals surface area contributed by atoms with Crippen molar-refractivity contribution in [1.29, 1.82) is 0 Å². The Morgan fingerprint density at radius 3 is 2.47 bits per heavy atom. The molecule has 0 heterocycles. The first kappa shape index (κ1) is 21.2. The molecule has 0 bridgehead atoms. The molecule has 0 aliphatic rings. The van der Waals surface area contributed by atoms with Gasteiger partial charge in [0.1, 0.15) is 11.6 Å². The Kier molecular flexibility index (Phi) is 7.29. The Bertz CT molecular complexity index is 1060. The van der Waals surface area contributed by atoms with Crippen molar-refractivity contribution >= 4 is 39.6 Å². The Balaban J connectivity index is 1.51. The van der Waals surface area contributed by atoms with Gasteiger partial charge in [-0.2, -0.15) is 5.10 Å². The van der Waals surface area contributed by atoms with E-state index in [-0.39, 0.29) is 24.2 Å². The van der Waals surface area contributed by atoms with Crippen LogP contribution >= 0.6 is 15.9 Å². The largest absolute Gasteiger partial charge is 0.483 e. The van der Waals surface area contributed by atoms with E-state index in [1.807, 2.05) is 6.07 Å². The summed E-state index contributed by atoms with van der Waals surface area (Å²) < 4.78 is 19.0. The minimum atomic E-state index is -0.378. The highest BCUT2D eigenvalue weighted by atomic mass is 79.9. The summed E-state index contributed by atoms with van der Waals surface area (Å²) in [6, 6.07) is 19.4. The molecule has 3 aromatic carbocycles. The van der Waals surface area contributed by atoms with Crippen molar-refractivity contribution in [1.82, 2.24) is 5.43 Å². The molecule has 0 aromatic heterocycles. The highest BCUT2D eigenvalue weighted by molar-refractivity contribution is 9.10. The fourth-order valence-corrected chi connectivity index (χ4v) is 2.92. The average molecular weight is 470 g/mol. The van der Waals surface area contributed by atoms with Crippen LogP contribution in [0.5, 0.6) is 5.75 Å². The molecule has 0 spiro atoms. The first-order chi connectivity index (χ1) is 14.5. The predicted molar refractivity (Wildman–Crippen MR) is 116 cm³/mol. The number of carbonyl (C=O) groups excluding carboxylic acids is 2. The highest BCUT2D eigenvalue weighted by Gasteiger charge is 2.07. The zero-order valence-corrected chi connectivity index (χ0v) is 17.2. The van der Waals surface area contributed by atoms with Gasteiger partial charge in [0.15, 0.2) is 6.61 Å². The van der Waals surface area contributed by atoms with E-state index in [0.717, 1.165) is 5.56 Å². The summed E-state index contributed by atoms with van der Waals surface area (Å²) in [4.78, 5) is 23.9. The summed E-state index contributed by atoms with van der Waals surface area (Å²) in [6.45, 7) is -0.212. The van der Waals surface area contributed by atoms with Gasteiger partial charge in [-0.05, 0) is 76.1 Å². The zero-order chi connectivity index (χ0) is 21.3. The standard InChI is InChI=1S/C22H17BrFN3O3/c23-19-12-15(13-25-27-22(29)16-4-2-1-3-5-16)6-11-20(19)30-14-21(28)26-18-9-7-17(24)8-10-18/h1-13H,14H2,(H,26,28)(H,27,29). The van der Waals surface area contributed by atoms with Crippen LogP contribution in [0.25, 0.3) is 0 Å². The molecule has 6 nitrogen and oxygen atoms in total. The van der Waals surface area contributed by atoms with Crippen molar-refractivity contribution in [3.63, 3.8) is 0 Å². The molecule has 0 fully saturated rings. The van der Waals surface area contributed by atoms with E-state index in [2.05, 4.69) is 31.8 Å². The Hall–Kier alpha value is -3.52. The number of hydrogen-bond donors (Lipinski definition) is 2. The summed E-state index contributed by atoms with van der Waals surface area (Å²) in [7, 11) is 0. The molecule has 0 saturated heterocycles. The monoisotopic (exact) mass is 469 g/mol. The predicted octanol–water partition coefficient (Wildman–Crippen LogP) is 4.37. The van der Waals surface area contributed by atoms with Crippen LogP contribution in [0, 0.1) is 5.82 Å². The number of nitrogens with one attached hydrogen (secondary N) is 2. The molecular weight excluding hydrogens is 453 g/mol. The van der Waals surface area contributed by atoms with Gasteiger partial charge in [0.05, 0.1) is 10.7 Å². The van der Waals surface area contributed by atoms with E-state index in [9.17, 15) is 14.0 Å². The maximum atomic E-state index is 12.9. The molecule has 2 N–H and O–H groups in total. The van der Waals surface area contributed by atoms with Crippen LogP contribution in [0.4, 0.5) is 10.1 Å². The minimum absolute atomic E-state index is 0.212. The fourth-order valence-electron chi connectivity index (χ4n) is 2.41. The number of benzene rings is 3. The van der Waals surface area contributed by atoms with Crippen LogP contribution < -0.4 is 15.5 Å². The topological polar surface area (TPSA) is 79.8 Å². The van der Waals surface area contributed by atoms with Gasteiger partial charge in [0.25, 0.3) is 11.8 Å². The number of amides is 2. The second-order valence-corrected chi connectivity index (χ2v) is 6.95. The van der Waals surface area contributed by atoms with E-state index in [1.165, 1.54) is 30.5 Å². The van der Waals surface area contributed by atoms with Crippen molar-refractivity contribution in [2.75, 3.05) is 11.9 Å². The van der Waals surface area contributed by atoms with Crippen LogP contribution in [-0.2, 0) is 4.79 Å². The number of hydrogen-bond acceptors (Lipinski definition) is 4. The highest BCUT2D eigenvalue weighted by Crippen LogP contribution is 2.25. The van der Waals surface area contributed by atoms with E-state index < -0.39 is 0 Å². The van der Waals surface area contributed by atoms with E-state index in [1.54, 1.807) is 42.5 Å². The van der Waals surface area contributed by atoms with Crippen LogP contribution in [0.1, 0.15) is 15.9 Å². The van der Waals surface area contributed by atoms with Crippen molar-refractivity contribution in [2.24, 2.45) is 5.10 Å². The second kappa shape index (κ2) is 10.3. The molecule has 0 radical (unpaired) electrons. The third-order valence-corrected chi connectivity index (χ3v) is 4.48. The van der Waals surface area contributed by atoms with E-state index in [0.29, 0.717) is 21.5 Å². The lowest BCUT2D eigenvalue weighted by Crippen LogP contribution is -2.20. The van der Waals surface area contributed by atoms with Gasteiger partial charge in [-0.15, -0.1) is 0 Å². The molecule has 3 rings (SSSR count). The summed E-state index contributed by atoms with van der Waals surface area (Å²) >= 11 is 3.38. The van der Waals surface area contributed by atoms with Gasteiger partial charge in [0, 0.05) is 11.3 Å². The quantitative estimate of drug-likeness (QED) is 0.398. The number of rotatable bonds is 7. The number of nitrogens with zero attached hydrogens (tertiary/aromatic N) is 1. The fraction of sp³-hybridized carbons (Fsp3) is 0.0455. The molecule has 0 atom stereocenters. The van der Waals surface area contributed by atoms with E-state index in [4.69, 9.17) is 4.74 Å². The summed E-state index contributed by atoms with van der Waals surface area (Å²) in [5, 5.41) is 6.55. The summed E-state index contributed by atoms with van der Waals surface area (Å²) in [6.07, 6.45) is 1.50. The third-order valence-electron chi connectivity index (χ3n) is 3.86. The Morgan fingerprint density at radius 2 is 1.77 bits per heavy atom. The first-order valence-electron chi connectivity index (χ1n) is 8.87. The minimum Gasteiger partial charge on any atom is -0.483 e. The lowest BCUT2D eigenvalue weighted by Gasteiger charge is -2.09. The lowest BCUT2D eigenvalue weighted by molar-refractivity contribution is -0.118. The summed E-state index contributed by atoms with van der Waals surface area (Å²) in [5.41, 5.74) is 4.17. The maximum Gasteiger partial charge on any atom is 0.271 e. The van der Waals surface area contributed by atoms with Crippen LogP contribution in [0.15, 0.2) is 82.4 Å². The molecule has 0 aliphatic heterocycles. The molecule has 0 unspecified atom stereocenters. The Morgan fingerprint density at radius 1 is 1.03 bits per heavy atom. The van der Waals surface area contributed by atoms with Crippen LogP contribution in [0.3, 0.4) is 0 Å². The molecular formula is C22H17BrFN3O3. The van der Waals surface area contributed by atoms with Gasteiger partial charge in [-0.25, -0.2) is 9.82 Å². The van der Waals surface area contributed by atoms with Crippen LogP contribution in [-0.4, -0.2) is 24.6 Å². The van der Waals surface area contributed by atoms with Crippen LogP contribution in [0.2, 0.25) is 0 Å². The number of carbonyl (C=O) groups is 2. The van der Waals surface area contributed by atoms with Crippen molar-refractivity contribution in [3.8, 4) is 5.75 Å². The average Bonchev–Trinajstić information content (AvgIpc) is 2.75. The molecule has 8 heteroatoms. The van der Waals surface area contributed by atoms with E-state index >= 15 is 0 Å². The number of ether oxygens (including phenoxy) is 1. The molecule has 30 heavy (non-hydrogen) atoms. The molecule has 3 aromatic rings. The molecule has 152 valence electrons. The van der Waals surface area contributed by atoms with Crippen molar-refractivity contribution in [3.05, 3.63) is 94.2 Å². The van der Waals surface area contributed by atoms with Crippen molar-refractivity contribution < 1.29 is 18.7 Å². The lowest BCUT2D eigenvalue weighted by atomic mass is 10.2. The second-order valence-electron chi connectivity index (χ2n) is 6.10. The zero-order valence-electron chi connectivity index (χ0n) is 15.6.